The van der Waals surface area contributed by atoms with Crippen LogP contribution in [0, 0.1) is 10.1 Å². The number of nitro groups is 1. The molecule has 1 aromatic heterocycles. The number of hydrogen-bond acceptors (Lipinski definition) is 6. The number of carboxylic acids is 1. The van der Waals surface area contributed by atoms with Crippen molar-refractivity contribution in [1.82, 2.24) is 10.3 Å². The number of carboxylic acid groups (broad SMARTS) is 1. The van der Waals surface area contributed by atoms with Crippen LogP contribution < -0.4 is 10.1 Å². The third-order valence-corrected chi connectivity index (χ3v) is 3.07. The van der Waals surface area contributed by atoms with Gasteiger partial charge in [0.2, 0.25) is 0 Å². The number of likely N-dealkylation sites (N-methyl/N-ethyl adjacent to an activating group) is 1. The predicted molar refractivity (Wildman–Crippen MR) is 81.1 cm³/mol. The third-order valence-electron chi connectivity index (χ3n) is 3.07. The lowest BCUT2D eigenvalue weighted by molar-refractivity contribution is -0.428. The van der Waals surface area contributed by atoms with Gasteiger partial charge in [-0.1, -0.05) is 0 Å². The maximum atomic E-state index is 11.0. The molecule has 0 bridgehead atoms. The highest BCUT2D eigenvalue weighted by molar-refractivity contribution is 5.69. The van der Waals surface area contributed by atoms with Gasteiger partial charge < -0.3 is 15.2 Å². The Morgan fingerprint density at radius 3 is 2.96 bits per heavy atom. The second-order valence-corrected chi connectivity index (χ2v) is 4.67. The Morgan fingerprint density at radius 2 is 2.30 bits per heavy atom. The van der Waals surface area contributed by atoms with Gasteiger partial charge in [0, 0.05) is 19.3 Å². The molecule has 8 heteroatoms. The number of rotatable bonds is 6. The summed E-state index contributed by atoms with van der Waals surface area (Å²) < 4.78 is 5.64. The van der Waals surface area contributed by atoms with E-state index in [4.69, 9.17) is 9.84 Å². The minimum Gasteiger partial charge on any atom is -0.481 e. The first-order valence-corrected chi connectivity index (χ1v) is 6.77. The Kier molecular flexibility index (Phi) is 5.08. The molecule has 1 aliphatic rings. The van der Waals surface area contributed by atoms with Crippen LogP contribution in [-0.2, 0) is 11.2 Å². The molecule has 2 rings (SSSR count). The van der Waals surface area contributed by atoms with Gasteiger partial charge in [0.1, 0.15) is 17.2 Å². The van der Waals surface area contributed by atoms with Crippen molar-refractivity contribution in [2.45, 2.75) is 12.8 Å². The van der Waals surface area contributed by atoms with Gasteiger partial charge in [-0.25, -0.2) is 0 Å². The minimum absolute atomic E-state index is 0.0450. The molecule has 2 N–H and O–H groups in total. The van der Waals surface area contributed by atoms with E-state index in [0.717, 1.165) is 0 Å². The molecule has 0 unspecified atom stereocenters. The molecular formula is C15H15N3O5. The number of ether oxygens (including phenoxy) is 1. The fraction of sp³-hybridized carbons (Fsp3) is 0.200. The topological polar surface area (TPSA) is 115 Å². The summed E-state index contributed by atoms with van der Waals surface area (Å²) in [6, 6.07) is 3.11. The van der Waals surface area contributed by atoms with Crippen molar-refractivity contribution in [2.24, 2.45) is 0 Å². The van der Waals surface area contributed by atoms with E-state index in [-0.39, 0.29) is 18.5 Å². The fourth-order valence-corrected chi connectivity index (χ4v) is 2.02. The summed E-state index contributed by atoms with van der Waals surface area (Å²) in [6.07, 6.45) is 6.13. The number of nitrogens with zero attached hydrogens (tertiary/aromatic N) is 2. The molecule has 0 radical (unpaired) electrons. The molecule has 0 saturated heterocycles. The van der Waals surface area contributed by atoms with Crippen molar-refractivity contribution in [3.63, 3.8) is 0 Å². The Balaban J connectivity index is 2.16. The molecule has 0 atom stereocenters. The van der Waals surface area contributed by atoms with Gasteiger partial charge in [-0.05, 0) is 24.3 Å². The van der Waals surface area contributed by atoms with Gasteiger partial charge in [-0.3, -0.25) is 19.9 Å². The van der Waals surface area contributed by atoms with E-state index in [0.29, 0.717) is 22.9 Å². The van der Waals surface area contributed by atoms with Crippen LogP contribution in [0.3, 0.4) is 0 Å². The van der Waals surface area contributed by atoms with Crippen LogP contribution in [0.2, 0.25) is 0 Å². The van der Waals surface area contributed by atoms with Crippen LogP contribution in [0.25, 0.3) is 0 Å². The fourth-order valence-electron chi connectivity index (χ4n) is 2.02. The highest BCUT2D eigenvalue weighted by Gasteiger charge is 2.18. The van der Waals surface area contributed by atoms with Gasteiger partial charge >= 0.3 is 5.97 Å². The van der Waals surface area contributed by atoms with E-state index in [9.17, 15) is 14.9 Å². The standard InChI is InChI=1S/C15H15N3O5/c1-16-13-4-2-11(3-5-14(13)18(21)22)23-12-6-7-17-10(8-12)9-15(19)20/h2-4,6-8,16H,5,9H2,1H3,(H,19,20). The minimum atomic E-state index is -0.985. The SMILES string of the molecule is CNC1=C([N+](=O)[O-])CC=C(Oc2ccnc(CC(=O)O)c2)C=C1. The normalized spacial score (nSPS) is 14.0. The smallest absolute Gasteiger partial charge is 0.309 e. The number of pyridine rings is 1. The lowest BCUT2D eigenvalue weighted by Crippen LogP contribution is -2.11. The Labute approximate surface area is 131 Å². The van der Waals surface area contributed by atoms with Crippen molar-refractivity contribution in [2.75, 3.05) is 7.05 Å². The second kappa shape index (κ2) is 7.21. The van der Waals surface area contributed by atoms with Crippen LogP contribution in [0.5, 0.6) is 5.75 Å². The molecule has 1 aromatic rings. The summed E-state index contributed by atoms with van der Waals surface area (Å²) in [5.74, 6) is -0.133. The van der Waals surface area contributed by atoms with Gasteiger partial charge in [-0.2, -0.15) is 0 Å². The lowest BCUT2D eigenvalue weighted by atomic mass is 10.2. The van der Waals surface area contributed by atoms with Crippen LogP contribution in [-0.4, -0.2) is 28.0 Å². The van der Waals surface area contributed by atoms with E-state index in [1.807, 2.05) is 0 Å². The number of allylic oxidation sites excluding steroid dienone is 3. The first-order chi connectivity index (χ1) is 11.0. The molecule has 0 spiro atoms. The van der Waals surface area contributed by atoms with Crippen LogP contribution in [0.4, 0.5) is 0 Å². The average Bonchev–Trinajstić information content (AvgIpc) is 2.69. The second-order valence-electron chi connectivity index (χ2n) is 4.67. The summed E-state index contributed by atoms with van der Waals surface area (Å²) in [5, 5.41) is 22.6. The molecule has 0 fully saturated rings. The van der Waals surface area contributed by atoms with Crippen molar-refractivity contribution < 1.29 is 19.6 Å². The Hall–Kier alpha value is -3.16. The zero-order valence-electron chi connectivity index (χ0n) is 12.4. The monoisotopic (exact) mass is 317 g/mol. The Bertz CT molecular complexity index is 722. The predicted octanol–water partition coefficient (Wildman–Crippen LogP) is 1.64. The molecule has 0 amide bonds. The number of aromatic nitrogens is 1. The maximum absolute atomic E-state index is 11.0. The van der Waals surface area contributed by atoms with Crippen LogP contribution in [0.15, 0.2) is 53.7 Å². The molecule has 0 saturated carbocycles. The number of aliphatic carboxylic acids is 1. The van der Waals surface area contributed by atoms with Gasteiger partial charge in [0.15, 0.2) is 0 Å². The number of hydrogen-bond donors (Lipinski definition) is 2. The first kappa shape index (κ1) is 16.2. The van der Waals surface area contributed by atoms with Crippen LogP contribution >= 0.6 is 0 Å². The molecule has 23 heavy (non-hydrogen) atoms. The average molecular weight is 317 g/mol. The highest BCUT2D eigenvalue weighted by Crippen LogP contribution is 2.21. The Morgan fingerprint density at radius 1 is 1.52 bits per heavy atom. The largest absolute Gasteiger partial charge is 0.481 e. The molecule has 0 aromatic carbocycles. The van der Waals surface area contributed by atoms with Crippen molar-refractivity contribution in [3.8, 4) is 5.75 Å². The van der Waals surface area contributed by atoms with Gasteiger partial charge in [0.25, 0.3) is 5.70 Å². The number of carbonyl (C=O) groups is 1. The molecule has 0 aliphatic heterocycles. The van der Waals surface area contributed by atoms with E-state index >= 15 is 0 Å². The summed E-state index contributed by atoms with van der Waals surface area (Å²) in [4.78, 5) is 25.2. The van der Waals surface area contributed by atoms with Gasteiger partial charge in [-0.15, -0.1) is 0 Å². The van der Waals surface area contributed by atoms with Crippen molar-refractivity contribution in [1.29, 1.82) is 0 Å². The quantitative estimate of drug-likeness (QED) is 0.605. The van der Waals surface area contributed by atoms with Crippen molar-refractivity contribution >= 4 is 5.97 Å². The van der Waals surface area contributed by atoms with E-state index in [1.54, 1.807) is 31.3 Å². The van der Waals surface area contributed by atoms with E-state index in [1.165, 1.54) is 12.3 Å². The molecule has 120 valence electrons. The van der Waals surface area contributed by atoms with E-state index in [2.05, 4.69) is 10.3 Å². The maximum Gasteiger partial charge on any atom is 0.309 e. The zero-order chi connectivity index (χ0) is 16.8. The first-order valence-electron chi connectivity index (χ1n) is 6.77. The van der Waals surface area contributed by atoms with Gasteiger partial charge in [0.05, 0.1) is 23.5 Å². The molecule has 8 nitrogen and oxygen atoms in total. The van der Waals surface area contributed by atoms with Crippen molar-refractivity contribution in [3.05, 3.63) is 69.5 Å². The van der Waals surface area contributed by atoms with Crippen LogP contribution in [0.1, 0.15) is 12.1 Å². The molecule has 1 heterocycles. The molecule has 1 aliphatic carbocycles. The summed E-state index contributed by atoms with van der Waals surface area (Å²) >= 11 is 0. The highest BCUT2D eigenvalue weighted by atomic mass is 16.6. The van der Waals surface area contributed by atoms with E-state index < -0.39 is 10.9 Å². The zero-order valence-corrected chi connectivity index (χ0v) is 12.4. The lowest BCUT2D eigenvalue weighted by Gasteiger charge is -2.06. The summed E-state index contributed by atoms with van der Waals surface area (Å²) in [7, 11) is 1.61. The molecular weight excluding hydrogens is 302 g/mol. The number of nitrogens with one attached hydrogen (secondary N) is 1. The summed E-state index contributed by atoms with van der Waals surface area (Å²) in [5.41, 5.74) is 0.822. The summed E-state index contributed by atoms with van der Waals surface area (Å²) in [6.45, 7) is 0. The third kappa shape index (κ3) is 4.40.